The molecule has 0 amide bonds. The molecule has 1 unspecified atom stereocenters. The summed E-state index contributed by atoms with van der Waals surface area (Å²) < 4.78 is 5.15. The highest BCUT2D eigenvalue weighted by Crippen LogP contribution is 2.31. The molecule has 0 radical (unpaired) electrons. The second-order valence-corrected chi connectivity index (χ2v) is 7.53. The number of anilines is 4. The Morgan fingerprint density at radius 1 is 1.13 bits per heavy atom. The van der Waals surface area contributed by atoms with Gasteiger partial charge in [-0.1, -0.05) is 6.07 Å². The lowest BCUT2D eigenvalue weighted by Crippen LogP contribution is -2.47. The molecule has 0 saturated carbocycles. The molecule has 30 heavy (non-hydrogen) atoms. The third-order valence-corrected chi connectivity index (χ3v) is 5.51. The number of nitrogens with one attached hydrogen (secondary N) is 1. The van der Waals surface area contributed by atoms with Crippen LogP contribution in [0.25, 0.3) is 0 Å². The molecule has 9 heteroatoms. The Morgan fingerprint density at radius 3 is 2.50 bits per heavy atom. The number of hydrogen-bond acceptors (Lipinski definition) is 8. The maximum atomic E-state index is 11.1. The summed E-state index contributed by atoms with van der Waals surface area (Å²) in [7, 11) is 1.73. The van der Waals surface area contributed by atoms with Gasteiger partial charge < -0.3 is 26.4 Å². The molecule has 1 saturated heterocycles. The number of nitro benzene ring substituents is 1. The van der Waals surface area contributed by atoms with Gasteiger partial charge in [-0.15, -0.1) is 0 Å². The molecule has 9 nitrogen and oxygen atoms in total. The van der Waals surface area contributed by atoms with Crippen LogP contribution in [0.5, 0.6) is 0 Å². The van der Waals surface area contributed by atoms with E-state index in [1.807, 2.05) is 19.1 Å². The molecule has 0 aromatic heterocycles. The van der Waals surface area contributed by atoms with Crippen molar-refractivity contribution in [3.8, 4) is 0 Å². The van der Waals surface area contributed by atoms with Crippen molar-refractivity contribution in [2.24, 2.45) is 0 Å². The molecular formula is C21H30N6O3. The van der Waals surface area contributed by atoms with Crippen LogP contribution in [-0.2, 0) is 4.74 Å². The molecule has 1 fully saturated rings. The highest BCUT2D eigenvalue weighted by atomic mass is 16.6. The monoisotopic (exact) mass is 414 g/mol. The van der Waals surface area contributed by atoms with Gasteiger partial charge in [-0.2, -0.15) is 0 Å². The summed E-state index contributed by atoms with van der Waals surface area (Å²) >= 11 is 0. The first kappa shape index (κ1) is 21.7. The first-order chi connectivity index (χ1) is 14.4. The van der Waals surface area contributed by atoms with Gasteiger partial charge in [-0.05, 0) is 36.8 Å². The van der Waals surface area contributed by atoms with Crippen LogP contribution >= 0.6 is 0 Å². The van der Waals surface area contributed by atoms with Crippen LogP contribution in [0.1, 0.15) is 18.5 Å². The van der Waals surface area contributed by atoms with Crippen molar-refractivity contribution in [3.05, 3.63) is 52.1 Å². The topological polar surface area (TPSA) is 123 Å². The highest BCUT2D eigenvalue weighted by Gasteiger charge is 2.19. The van der Waals surface area contributed by atoms with Gasteiger partial charge in [0, 0.05) is 57.6 Å². The molecule has 3 rings (SSSR count). The van der Waals surface area contributed by atoms with E-state index in [0.717, 1.165) is 56.3 Å². The lowest BCUT2D eigenvalue weighted by atomic mass is 10.1. The fourth-order valence-electron chi connectivity index (χ4n) is 3.63. The molecule has 2 aromatic carbocycles. The Hall–Kier alpha value is -3.04. The molecule has 2 aromatic rings. The van der Waals surface area contributed by atoms with Crippen LogP contribution in [0.3, 0.4) is 0 Å². The second kappa shape index (κ2) is 9.64. The van der Waals surface area contributed by atoms with Gasteiger partial charge >= 0.3 is 0 Å². The molecule has 162 valence electrons. The average Bonchev–Trinajstić information content (AvgIpc) is 2.74. The first-order valence-corrected chi connectivity index (χ1v) is 10.0. The molecule has 0 aliphatic carbocycles. The molecule has 1 heterocycles. The lowest BCUT2D eigenvalue weighted by Gasteiger charge is -2.36. The molecule has 5 N–H and O–H groups in total. The lowest BCUT2D eigenvalue weighted by molar-refractivity contribution is -0.384. The van der Waals surface area contributed by atoms with Gasteiger partial charge in [-0.3, -0.25) is 15.0 Å². The first-order valence-electron chi connectivity index (χ1n) is 10.0. The Bertz CT molecular complexity index is 883. The predicted octanol–water partition coefficient (Wildman–Crippen LogP) is 2.70. The van der Waals surface area contributed by atoms with Gasteiger partial charge in [0.1, 0.15) is 5.69 Å². The number of benzene rings is 2. The Labute approximate surface area is 176 Å². The molecular weight excluding hydrogens is 384 g/mol. The van der Waals surface area contributed by atoms with Crippen molar-refractivity contribution in [3.63, 3.8) is 0 Å². The van der Waals surface area contributed by atoms with Crippen LogP contribution in [0, 0.1) is 10.1 Å². The number of methoxy groups -OCH3 is 1. The second-order valence-electron chi connectivity index (χ2n) is 7.53. The van der Waals surface area contributed by atoms with Crippen LogP contribution in [0.4, 0.5) is 28.4 Å². The van der Waals surface area contributed by atoms with E-state index in [4.69, 9.17) is 16.2 Å². The number of nitrogens with zero attached hydrogens (tertiary/aromatic N) is 3. The minimum Gasteiger partial charge on any atom is -0.397 e. The minimum atomic E-state index is -0.469. The summed E-state index contributed by atoms with van der Waals surface area (Å²) in [6.07, 6.45) is 0. The molecule has 1 aliphatic heterocycles. The number of nitro groups is 1. The zero-order valence-corrected chi connectivity index (χ0v) is 17.5. The van der Waals surface area contributed by atoms with E-state index in [2.05, 4.69) is 21.2 Å². The number of nitrogen functional groups attached to an aromatic ring is 2. The van der Waals surface area contributed by atoms with Crippen molar-refractivity contribution in [2.45, 2.75) is 13.0 Å². The van der Waals surface area contributed by atoms with Crippen LogP contribution in [0.2, 0.25) is 0 Å². The normalized spacial score (nSPS) is 15.7. The predicted molar refractivity (Wildman–Crippen MR) is 121 cm³/mol. The van der Waals surface area contributed by atoms with E-state index in [9.17, 15) is 10.1 Å². The largest absolute Gasteiger partial charge is 0.397 e. The number of rotatable bonds is 8. The Kier molecular flexibility index (Phi) is 6.96. The van der Waals surface area contributed by atoms with Crippen molar-refractivity contribution < 1.29 is 9.66 Å². The number of piperazine rings is 1. The van der Waals surface area contributed by atoms with Gasteiger partial charge in [0.05, 0.1) is 22.9 Å². The Morgan fingerprint density at radius 2 is 1.87 bits per heavy atom. The number of ether oxygens (including phenoxy) is 1. The van der Waals surface area contributed by atoms with Crippen molar-refractivity contribution >= 4 is 28.4 Å². The molecule has 0 spiro atoms. The Balaban J connectivity index is 1.65. The SMILES string of the molecule is COCCN1CCN(c2ccc(NC(C)c3ccc(N)c([N+](=O)[O-])c3)c(N)c2)CC1. The zero-order valence-electron chi connectivity index (χ0n) is 17.5. The molecule has 1 aliphatic rings. The fraction of sp³-hybridized carbons (Fsp3) is 0.429. The van der Waals surface area contributed by atoms with E-state index in [-0.39, 0.29) is 17.4 Å². The summed E-state index contributed by atoms with van der Waals surface area (Å²) in [4.78, 5) is 15.4. The van der Waals surface area contributed by atoms with E-state index in [1.165, 1.54) is 6.07 Å². The fourth-order valence-corrected chi connectivity index (χ4v) is 3.63. The summed E-state index contributed by atoms with van der Waals surface area (Å²) in [6, 6.07) is 10.7. The maximum absolute atomic E-state index is 11.1. The van der Waals surface area contributed by atoms with Crippen molar-refractivity contribution in [2.75, 3.05) is 68.1 Å². The van der Waals surface area contributed by atoms with E-state index >= 15 is 0 Å². The summed E-state index contributed by atoms with van der Waals surface area (Å²) in [5.74, 6) is 0. The van der Waals surface area contributed by atoms with E-state index in [1.54, 1.807) is 19.2 Å². The summed E-state index contributed by atoms with van der Waals surface area (Å²) in [6.45, 7) is 7.52. The summed E-state index contributed by atoms with van der Waals surface area (Å²) in [5.41, 5.74) is 15.4. The molecule has 0 bridgehead atoms. The zero-order chi connectivity index (χ0) is 21.7. The number of hydrogen-bond donors (Lipinski definition) is 3. The average molecular weight is 415 g/mol. The van der Waals surface area contributed by atoms with Crippen LogP contribution in [-0.4, -0.2) is 56.3 Å². The van der Waals surface area contributed by atoms with Crippen LogP contribution < -0.4 is 21.7 Å². The van der Waals surface area contributed by atoms with E-state index in [0.29, 0.717) is 5.69 Å². The van der Waals surface area contributed by atoms with Gasteiger partial charge in [0.2, 0.25) is 0 Å². The van der Waals surface area contributed by atoms with Crippen molar-refractivity contribution in [1.29, 1.82) is 0 Å². The van der Waals surface area contributed by atoms with E-state index < -0.39 is 4.92 Å². The maximum Gasteiger partial charge on any atom is 0.292 e. The summed E-state index contributed by atoms with van der Waals surface area (Å²) in [5, 5.41) is 14.5. The van der Waals surface area contributed by atoms with Crippen LogP contribution in [0.15, 0.2) is 36.4 Å². The standard InChI is InChI=1S/C21H30N6O3/c1-15(16-3-5-18(22)21(13-16)27(28)29)24-20-6-4-17(14-19(20)23)26-9-7-25(8-10-26)11-12-30-2/h3-6,13-15,24H,7-12,22-23H2,1-2H3. The van der Waals surface area contributed by atoms with Gasteiger partial charge in [0.25, 0.3) is 5.69 Å². The van der Waals surface area contributed by atoms with Gasteiger partial charge in [-0.25, -0.2) is 0 Å². The highest BCUT2D eigenvalue weighted by molar-refractivity contribution is 5.73. The van der Waals surface area contributed by atoms with Gasteiger partial charge in [0.15, 0.2) is 0 Å². The minimum absolute atomic E-state index is 0.0888. The third kappa shape index (κ3) is 5.11. The molecule has 1 atom stereocenters. The number of nitrogens with two attached hydrogens (primary N) is 2. The smallest absolute Gasteiger partial charge is 0.292 e. The van der Waals surface area contributed by atoms with Crippen molar-refractivity contribution in [1.82, 2.24) is 4.90 Å². The third-order valence-electron chi connectivity index (χ3n) is 5.51. The quantitative estimate of drug-likeness (QED) is 0.342.